The molecule has 0 radical (unpaired) electrons. The van der Waals surface area contributed by atoms with E-state index in [1.54, 1.807) is 36.4 Å². The quantitative estimate of drug-likeness (QED) is 0.391. The first kappa shape index (κ1) is 22.0. The zero-order valence-electron chi connectivity index (χ0n) is 16.7. The van der Waals surface area contributed by atoms with Crippen molar-refractivity contribution in [3.05, 3.63) is 65.9 Å². The molecule has 0 bridgehead atoms. The lowest BCUT2D eigenvalue weighted by molar-refractivity contribution is -0.274. The molecule has 1 atom stereocenters. The highest BCUT2D eigenvalue weighted by Crippen LogP contribution is 2.40. The first-order chi connectivity index (χ1) is 15.3. The predicted octanol–water partition coefficient (Wildman–Crippen LogP) is 5.45. The molecule has 0 aliphatic carbocycles. The summed E-state index contributed by atoms with van der Waals surface area (Å²) in [6, 6.07) is 13.9. The molecule has 0 fully saturated rings. The van der Waals surface area contributed by atoms with Gasteiger partial charge < -0.3 is 14.6 Å². The zero-order valence-corrected chi connectivity index (χ0v) is 17.4. The normalized spacial score (nSPS) is 15.8. The third kappa shape index (κ3) is 4.36. The number of nitrogens with zero attached hydrogens (tertiary/aromatic N) is 1. The molecule has 0 saturated carbocycles. The third-order valence-electron chi connectivity index (χ3n) is 5.27. The van der Waals surface area contributed by atoms with E-state index in [4.69, 9.17) is 11.6 Å². The van der Waals surface area contributed by atoms with Gasteiger partial charge in [-0.3, -0.25) is 9.59 Å². The van der Waals surface area contributed by atoms with Crippen molar-refractivity contribution in [3.63, 3.8) is 0 Å². The molecular weight excluding hydrogens is 445 g/mol. The molecule has 1 N–H and O–H groups in total. The van der Waals surface area contributed by atoms with Gasteiger partial charge in [-0.2, -0.15) is 0 Å². The number of rotatable bonds is 6. The maximum atomic E-state index is 12.7. The number of halogens is 4. The Morgan fingerprint density at radius 3 is 2.53 bits per heavy atom. The summed E-state index contributed by atoms with van der Waals surface area (Å²) in [5, 5.41) is 2.84. The van der Waals surface area contributed by atoms with Crippen LogP contribution in [0.2, 0.25) is 0 Å². The fourth-order valence-electron chi connectivity index (χ4n) is 3.92. The molecule has 2 heterocycles. The maximum absolute atomic E-state index is 12.7. The number of benzene rings is 2. The highest BCUT2D eigenvalue weighted by atomic mass is 35.5. The monoisotopic (exact) mass is 462 g/mol. The molecule has 1 aliphatic rings. The highest BCUT2D eigenvalue weighted by molar-refractivity contribution is 6.17. The summed E-state index contributed by atoms with van der Waals surface area (Å²) in [6.45, 7) is 0.378. The van der Waals surface area contributed by atoms with Crippen LogP contribution in [0.4, 0.5) is 13.2 Å². The summed E-state index contributed by atoms with van der Waals surface area (Å²) in [5.74, 6) is -0.273. The van der Waals surface area contributed by atoms with Gasteiger partial charge in [-0.05, 0) is 35.7 Å². The average Bonchev–Trinajstić information content (AvgIpc) is 3.17. The van der Waals surface area contributed by atoms with E-state index in [1.807, 2.05) is 4.57 Å². The van der Waals surface area contributed by atoms with Gasteiger partial charge in [0.1, 0.15) is 17.7 Å². The van der Waals surface area contributed by atoms with Gasteiger partial charge in [0.15, 0.2) is 0 Å². The minimum Gasteiger partial charge on any atom is -0.406 e. The Morgan fingerprint density at radius 1 is 1.12 bits per heavy atom. The molecule has 1 amide bonds. The van der Waals surface area contributed by atoms with Crippen LogP contribution in [0.3, 0.4) is 0 Å². The fraction of sp³-hybridized carbons (Fsp3) is 0.217. The number of aldehydes is 1. The van der Waals surface area contributed by atoms with Crippen LogP contribution in [-0.2, 0) is 0 Å². The predicted molar refractivity (Wildman–Crippen MR) is 114 cm³/mol. The van der Waals surface area contributed by atoms with Crippen LogP contribution in [0.15, 0.2) is 54.6 Å². The Kier molecular flexibility index (Phi) is 5.97. The van der Waals surface area contributed by atoms with E-state index in [1.165, 1.54) is 18.2 Å². The van der Waals surface area contributed by atoms with E-state index in [0.717, 1.165) is 6.29 Å². The second-order valence-corrected chi connectivity index (χ2v) is 7.70. The van der Waals surface area contributed by atoms with Crippen LogP contribution < -0.4 is 10.1 Å². The Labute approximate surface area is 186 Å². The molecule has 1 aliphatic heterocycles. The summed E-state index contributed by atoms with van der Waals surface area (Å²) in [6.07, 6.45) is -3.52. The number of nitrogens with one attached hydrogen (secondary N) is 1. The molecule has 9 heteroatoms. The van der Waals surface area contributed by atoms with Crippen LogP contribution in [0.5, 0.6) is 5.75 Å². The van der Waals surface area contributed by atoms with E-state index in [-0.39, 0.29) is 17.7 Å². The van der Waals surface area contributed by atoms with Crippen LogP contribution in [-0.4, -0.2) is 35.5 Å². The van der Waals surface area contributed by atoms with E-state index in [2.05, 4.69) is 10.1 Å². The molecule has 4 rings (SSSR count). The van der Waals surface area contributed by atoms with Crippen LogP contribution in [0, 0.1) is 0 Å². The minimum atomic E-state index is -4.82. The number of carbonyl (C=O) groups excluding carboxylic acids is 2. The van der Waals surface area contributed by atoms with Crippen molar-refractivity contribution >= 4 is 23.8 Å². The van der Waals surface area contributed by atoms with Gasteiger partial charge in [-0.25, -0.2) is 0 Å². The van der Waals surface area contributed by atoms with E-state index in [9.17, 15) is 22.8 Å². The van der Waals surface area contributed by atoms with Crippen molar-refractivity contribution in [2.75, 3.05) is 12.4 Å². The molecule has 0 spiro atoms. The minimum absolute atomic E-state index is 0.135. The molecule has 166 valence electrons. The fourth-order valence-corrected chi connectivity index (χ4v) is 4.18. The molecule has 1 unspecified atom stereocenters. The molecule has 0 saturated heterocycles. The lowest BCUT2D eigenvalue weighted by Gasteiger charge is -2.28. The largest absolute Gasteiger partial charge is 0.573 e. The first-order valence-corrected chi connectivity index (χ1v) is 10.4. The summed E-state index contributed by atoms with van der Waals surface area (Å²) in [4.78, 5) is 23.7. The van der Waals surface area contributed by atoms with Crippen molar-refractivity contribution < 1.29 is 27.5 Å². The topological polar surface area (TPSA) is 60.3 Å². The lowest BCUT2D eigenvalue weighted by atomic mass is 10.00. The summed E-state index contributed by atoms with van der Waals surface area (Å²) in [5.41, 5.74) is 3.28. The Morgan fingerprint density at radius 2 is 1.88 bits per heavy atom. The highest BCUT2D eigenvalue weighted by Gasteiger charge is 2.32. The van der Waals surface area contributed by atoms with E-state index < -0.39 is 6.36 Å². The van der Waals surface area contributed by atoms with Crippen molar-refractivity contribution in [3.8, 4) is 28.1 Å². The Bertz CT molecular complexity index is 1160. The van der Waals surface area contributed by atoms with Crippen molar-refractivity contribution in [1.29, 1.82) is 0 Å². The molecular formula is C23H18ClF3N2O3. The van der Waals surface area contributed by atoms with Crippen LogP contribution in [0.25, 0.3) is 22.4 Å². The number of hydrogen-bond acceptors (Lipinski definition) is 3. The van der Waals surface area contributed by atoms with Gasteiger partial charge in [0, 0.05) is 23.6 Å². The number of ether oxygens (including phenoxy) is 1. The number of carbonyl (C=O) groups is 2. The van der Waals surface area contributed by atoms with Crippen molar-refractivity contribution in [1.82, 2.24) is 9.88 Å². The zero-order chi connectivity index (χ0) is 22.9. The number of alkyl halides is 4. The molecule has 32 heavy (non-hydrogen) atoms. The molecule has 1 aromatic heterocycles. The smallest absolute Gasteiger partial charge is 0.406 e. The van der Waals surface area contributed by atoms with E-state index >= 15 is 0 Å². The van der Waals surface area contributed by atoms with Crippen LogP contribution >= 0.6 is 11.6 Å². The third-order valence-corrected chi connectivity index (χ3v) is 5.49. The van der Waals surface area contributed by atoms with Crippen molar-refractivity contribution in [2.24, 2.45) is 0 Å². The second-order valence-electron chi connectivity index (χ2n) is 7.32. The second kappa shape index (κ2) is 8.70. The molecule has 3 aromatic rings. The summed E-state index contributed by atoms with van der Waals surface area (Å²) < 4.78 is 44.2. The number of amides is 1. The van der Waals surface area contributed by atoms with Crippen LogP contribution in [0.1, 0.15) is 33.3 Å². The average molecular weight is 463 g/mol. The Balaban J connectivity index is 1.93. The number of hydrogen-bond donors (Lipinski definition) is 1. The molecule has 2 aromatic carbocycles. The van der Waals surface area contributed by atoms with Gasteiger partial charge in [0.2, 0.25) is 0 Å². The standard InChI is InChI=1S/C23H18ClF3N2O3/c24-9-8-17-12-28-22(31)20-11-19(16-2-1-3-18(10-16)32-23(25,26)27)21(29(17)20)15-6-4-14(13-30)5-7-15/h1-7,10-11,13,17H,8-9,12H2,(H,28,31). The maximum Gasteiger partial charge on any atom is 0.573 e. The lowest BCUT2D eigenvalue weighted by Crippen LogP contribution is -2.39. The number of fused-ring (bicyclic) bond motifs is 1. The summed E-state index contributed by atoms with van der Waals surface area (Å²) >= 11 is 5.99. The van der Waals surface area contributed by atoms with Gasteiger partial charge in [0.05, 0.1) is 11.7 Å². The van der Waals surface area contributed by atoms with Gasteiger partial charge >= 0.3 is 6.36 Å². The summed E-state index contributed by atoms with van der Waals surface area (Å²) in [7, 11) is 0. The van der Waals surface area contributed by atoms with Crippen molar-refractivity contribution in [2.45, 2.75) is 18.8 Å². The first-order valence-electron chi connectivity index (χ1n) is 9.82. The van der Waals surface area contributed by atoms with Gasteiger partial charge in [-0.15, -0.1) is 24.8 Å². The van der Waals surface area contributed by atoms with E-state index in [0.29, 0.717) is 52.5 Å². The Hall–Kier alpha value is -3.26. The van der Waals surface area contributed by atoms with Gasteiger partial charge in [0.25, 0.3) is 5.91 Å². The SMILES string of the molecule is O=Cc1ccc(-c2c(-c3cccc(OC(F)(F)F)c3)cc3n2C(CCCl)CNC3=O)cc1. The number of aromatic nitrogens is 1. The van der Waals surface area contributed by atoms with Gasteiger partial charge in [-0.1, -0.05) is 36.4 Å². The molecule has 5 nitrogen and oxygen atoms in total.